The van der Waals surface area contributed by atoms with Gasteiger partial charge in [-0.15, -0.1) is 0 Å². The van der Waals surface area contributed by atoms with Crippen LogP contribution in [-0.4, -0.2) is 53.5 Å². The molecule has 0 aliphatic carbocycles. The average Bonchev–Trinajstić information content (AvgIpc) is 2.74. The van der Waals surface area contributed by atoms with Crippen LogP contribution < -0.4 is 0 Å². The monoisotopic (exact) mass is 476 g/mol. The number of hydrogen-bond acceptors (Lipinski definition) is 6. The molecule has 0 aromatic heterocycles. The van der Waals surface area contributed by atoms with Gasteiger partial charge in [0.2, 0.25) is 0 Å². The molecule has 200 valence electrons. The summed E-state index contributed by atoms with van der Waals surface area (Å²) >= 11 is 0. The van der Waals surface area contributed by atoms with Crippen LogP contribution in [-0.2, 0) is 14.2 Å². The largest absolute Gasteiger partial charge is 0.390 e. The minimum atomic E-state index is -2.39. The first-order valence-electron chi connectivity index (χ1n) is 13.5. The molecule has 0 bridgehead atoms. The van der Waals surface area contributed by atoms with Crippen molar-refractivity contribution >= 4 is 0 Å². The summed E-state index contributed by atoms with van der Waals surface area (Å²) < 4.78 is 16.9. The van der Waals surface area contributed by atoms with E-state index in [1.54, 1.807) is 0 Å². The van der Waals surface area contributed by atoms with Crippen molar-refractivity contribution in [3.05, 3.63) is 0 Å². The highest BCUT2D eigenvalue weighted by molar-refractivity contribution is 4.78. The highest BCUT2D eigenvalue weighted by atomic mass is 16.9. The molecule has 0 amide bonds. The number of ether oxygens (including phenoxy) is 3. The van der Waals surface area contributed by atoms with E-state index < -0.39 is 18.4 Å². The maximum atomic E-state index is 11.1. The normalized spacial score (nSPS) is 14.5. The zero-order valence-electron chi connectivity index (χ0n) is 22.6. The quantitative estimate of drug-likeness (QED) is 0.124. The fraction of sp³-hybridized carbons (Fsp3) is 1.00. The van der Waals surface area contributed by atoms with E-state index in [1.807, 2.05) is 0 Å². The molecule has 6 nitrogen and oxygen atoms in total. The molecule has 0 radical (unpaired) electrons. The maximum absolute atomic E-state index is 11.1. The third-order valence-electron chi connectivity index (χ3n) is 5.92. The van der Waals surface area contributed by atoms with Crippen LogP contribution in [0.2, 0.25) is 0 Å². The molecule has 0 rings (SSSR count). The lowest BCUT2D eigenvalue weighted by atomic mass is 10.1. The molecule has 1 unspecified atom stereocenters. The number of unbranched alkanes of at least 4 members (excludes halogenated alkanes) is 6. The van der Waals surface area contributed by atoms with E-state index in [0.29, 0.717) is 17.8 Å². The summed E-state index contributed by atoms with van der Waals surface area (Å²) in [6, 6.07) is 0. The van der Waals surface area contributed by atoms with Crippen LogP contribution in [0.4, 0.5) is 0 Å². The summed E-state index contributed by atoms with van der Waals surface area (Å²) in [4.78, 5) is 0. The lowest BCUT2D eigenvalue weighted by Crippen LogP contribution is -2.62. The van der Waals surface area contributed by atoms with E-state index in [0.717, 1.165) is 77.0 Å². The van der Waals surface area contributed by atoms with Crippen molar-refractivity contribution in [1.82, 2.24) is 0 Å². The Morgan fingerprint density at radius 3 is 1.15 bits per heavy atom. The van der Waals surface area contributed by atoms with Crippen LogP contribution in [0.25, 0.3) is 0 Å². The Balaban J connectivity index is 4.75. The SMILES string of the molecule is CC(C)CCCCCOC(O)(CO)C(O)(OCCCCCC(C)C)OCCCCCC(C)C. The fourth-order valence-corrected chi connectivity index (χ4v) is 3.66. The van der Waals surface area contributed by atoms with Gasteiger partial charge < -0.3 is 29.5 Å². The van der Waals surface area contributed by atoms with Crippen molar-refractivity contribution in [2.24, 2.45) is 17.8 Å². The van der Waals surface area contributed by atoms with Gasteiger partial charge in [0, 0.05) is 0 Å². The minimum absolute atomic E-state index is 0.215. The van der Waals surface area contributed by atoms with Gasteiger partial charge in [0.05, 0.1) is 19.8 Å². The van der Waals surface area contributed by atoms with Crippen molar-refractivity contribution in [2.75, 3.05) is 26.4 Å². The molecule has 0 aromatic rings. The van der Waals surface area contributed by atoms with E-state index in [2.05, 4.69) is 41.5 Å². The number of hydrogen-bond donors (Lipinski definition) is 3. The first-order valence-corrected chi connectivity index (χ1v) is 13.5. The van der Waals surface area contributed by atoms with Gasteiger partial charge in [0.25, 0.3) is 5.79 Å². The Morgan fingerprint density at radius 1 is 0.515 bits per heavy atom. The van der Waals surface area contributed by atoms with Crippen LogP contribution >= 0.6 is 0 Å². The van der Waals surface area contributed by atoms with Crippen LogP contribution in [0.3, 0.4) is 0 Å². The van der Waals surface area contributed by atoms with Crippen molar-refractivity contribution in [3.8, 4) is 0 Å². The second kappa shape index (κ2) is 19.0. The van der Waals surface area contributed by atoms with Crippen LogP contribution in [0.15, 0.2) is 0 Å². The van der Waals surface area contributed by atoms with Gasteiger partial charge in [0.15, 0.2) is 0 Å². The topological polar surface area (TPSA) is 88.4 Å². The summed E-state index contributed by atoms with van der Waals surface area (Å²) in [6.45, 7) is 13.0. The molecule has 33 heavy (non-hydrogen) atoms. The first kappa shape index (κ1) is 32.8. The molecule has 0 spiro atoms. The molecule has 0 heterocycles. The van der Waals surface area contributed by atoms with Crippen LogP contribution in [0.1, 0.15) is 119 Å². The Bertz CT molecular complexity index is 420. The Labute approximate surface area is 204 Å². The van der Waals surface area contributed by atoms with E-state index in [1.165, 1.54) is 0 Å². The third-order valence-corrected chi connectivity index (χ3v) is 5.92. The lowest BCUT2D eigenvalue weighted by Gasteiger charge is -2.40. The molecular weight excluding hydrogens is 420 g/mol. The number of aliphatic hydroxyl groups excluding tert-OH is 1. The summed E-state index contributed by atoms with van der Waals surface area (Å²) in [7, 11) is 0. The van der Waals surface area contributed by atoms with Crippen molar-refractivity contribution in [1.29, 1.82) is 0 Å². The first-order chi connectivity index (χ1) is 15.6. The molecule has 0 aromatic carbocycles. The standard InChI is InChI=1S/C27H56O6/c1-23(2)16-10-7-13-19-31-26(29,22-28)27(30,32-20-14-8-11-17-24(3)4)33-21-15-9-12-18-25(5)6/h23-25,28-30H,7-22H2,1-6H3. The Hall–Kier alpha value is -0.240. The van der Waals surface area contributed by atoms with Crippen molar-refractivity contribution < 1.29 is 29.5 Å². The van der Waals surface area contributed by atoms with Crippen LogP contribution in [0.5, 0.6) is 0 Å². The van der Waals surface area contributed by atoms with Gasteiger partial charge >= 0.3 is 5.97 Å². The molecule has 3 N–H and O–H groups in total. The van der Waals surface area contributed by atoms with Crippen LogP contribution in [0, 0.1) is 17.8 Å². The third kappa shape index (κ3) is 16.1. The van der Waals surface area contributed by atoms with Crippen molar-refractivity contribution in [2.45, 2.75) is 130 Å². The van der Waals surface area contributed by atoms with Gasteiger partial charge in [-0.05, 0) is 37.0 Å². The summed E-state index contributed by atoms with van der Waals surface area (Å²) in [5.41, 5.74) is 0. The molecule has 6 heteroatoms. The fourth-order valence-electron chi connectivity index (χ4n) is 3.66. The Kier molecular flexibility index (Phi) is 18.9. The smallest absolute Gasteiger partial charge is 0.340 e. The number of aliphatic hydroxyl groups is 3. The molecular formula is C27H56O6. The minimum Gasteiger partial charge on any atom is -0.390 e. The van der Waals surface area contributed by atoms with Gasteiger partial charge in [0.1, 0.15) is 6.61 Å². The average molecular weight is 477 g/mol. The summed E-state index contributed by atoms with van der Waals surface area (Å²) in [6.07, 6.45) is 11.8. The highest BCUT2D eigenvalue weighted by Crippen LogP contribution is 2.29. The zero-order chi connectivity index (χ0) is 25.2. The second-order valence-electron chi connectivity index (χ2n) is 10.8. The predicted octanol–water partition coefficient (Wildman–Crippen LogP) is 6.01. The molecule has 0 saturated heterocycles. The molecule has 0 aliphatic heterocycles. The van der Waals surface area contributed by atoms with Gasteiger partial charge in [-0.1, -0.05) is 99.3 Å². The van der Waals surface area contributed by atoms with Crippen molar-refractivity contribution in [3.63, 3.8) is 0 Å². The maximum Gasteiger partial charge on any atom is 0.340 e. The second-order valence-corrected chi connectivity index (χ2v) is 10.8. The molecule has 1 atom stereocenters. The molecule has 0 saturated carbocycles. The van der Waals surface area contributed by atoms with Gasteiger partial charge in [-0.25, -0.2) is 0 Å². The highest BCUT2D eigenvalue weighted by Gasteiger charge is 2.54. The zero-order valence-corrected chi connectivity index (χ0v) is 22.6. The summed E-state index contributed by atoms with van der Waals surface area (Å²) in [5, 5.41) is 32.0. The van der Waals surface area contributed by atoms with Gasteiger partial charge in [-0.2, -0.15) is 0 Å². The molecule has 0 aliphatic rings. The van der Waals surface area contributed by atoms with E-state index in [4.69, 9.17) is 14.2 Å². The van der Waals surface area contributed by atoms with Gasteiger partial charge in [-0.3, -0.25) is 0 Å². The van der Waals surface area contributed by atoms with E-state index in [9.17, 15) is 15.3 Å². The lowest BCUT2D eigenvalue weighted by molar-refractivity contribution is -0.484. The Morgan fingerprint density at radius 2 is 0.848 bits per heavy atom. The van der Waals surface area contributed by atoms with E-state index in [-0.39, 0.29) is 19.8 Å². The van der Waals surface area contributed by atoms with E-state index >= 15 is 0 Å². The number of rotatable bonds is 23. The summed E-state index contributed by atoms with van der Waals surface area (Å²) in [5.74, 6) is -2.73. The molecule has 0 fully saturated rings. The predicted molar refractivity (Wildman–Crippen MR) is 135 cm³/mol.